The zero-order chi connectivity index (χ0) is 20.3. The summed E-state index contributed by atoms with van der Waals surface area (Å²) in [6.07, 6.45) is 0. The highest BCUT2D eigenvalue weighted by molar-refractivity contribution is 6.33. The topological polar surface area (TPSA) is 84.2 Å². The Morgan fingerprint density at radius 1 is 1.21 bits per heavy atom. The number of benzene rings is 2. The van der Waals surface area contributed by atoms with E-state index in [-0.39, 0.29) is 40.1 Å². The third-order valence-corrected chi connectivity index (χ3v) is 4.30. The molecule has 1 heterocycles. The summed E-state index contributed by atoms with van der Waals surface area (Å²) in [5.74, 6) is -1.01. The molecule has 0 unspecified atom stereocenters. The minimum absolute atomic E-state index is 0.0128. The maximum atomic E-state index is 14.3. The predicted octanol–water partition coefficient (Wildman–Crippen LogP) is 4.33. The molecule has 2 N–H and O–H groups in total. The second-order valence-corrected chi connectivity index (χ2v) is 6.53. The van der Waals surface area contributed by atoms with Gasteiger partial charge in [-0.15, -0.1) is 0 Å². The Morgan fingerprint density at radius 2 is 1.96 bits per heavy atom. The van der Waals surface area contributed by atoms with Gasteiger partial charge in [0.05, 0.1) is 10.6 Å². The third kappa shape index (κ3) is 4.20. The van der Waals surface area contributed by atoms with Crippen molar-refractivity contribution >= 4 is 29.1 Å². The summed E-state index contributed by atoms with van der Waals surface area (Å²) in [7, 11) is 0. The van der Waals surface area contributed by atoms with Crippen LogP contribution in [0, 0.1) is 12.7 Å². The number of nitrogens with one attached hydrogen (secondary N) is 2. The van der Waals surface area contributed by atoms with Crippen LogP contribution in [0.15, 0.2) is 47.0 Å². The van der Waals surface area contributed by atoms with Crippen LogP contribution in [0.4, 0.5) is 10.1 Å². The largest absolute Gasteiger partial charge is 0.360 e. The number of amides is 2. The van der Waals surface area contributed by atoms with Gasteiger partial charge in [0, 0.05) is 19.2 Å². The fourth-order valence-electron chi connectivity index (χ4n) is 2.77. The van der Waals surface area contributed by atoms with Gasteiger partial charge in [-0.3, -0.25) is 9.59 Å². The molecule has 2 aromatic carbocycles. The first-order valence-electron chi connectivity index (χ1n) is 8.42. The molecule has 0 saturated carbocycles. The quantitative estimate of drug-likeness (QED) is 0.666. The van der Waals surface area contributed by atoms with Gasteiger partial charge in [0.15, 0.2) is 0 Å². The van der Waals surface area contributed by atoms with Crippen LogP contribution < -0.4 is 10.6 Å². The molecule has 0 radical (unpaired) electrons. The van der Waals surface area contributed by atoms with Gasteiger partial charge < -0.3 is 15.2 Å². The highest BCUT2D eigenvalue weighted by Crippen LogP contribution is 2.33. The normalized spacial score (nSPS) is 10.6. The summed E-state index contributed by atoms with van der Waals surface area (Å²) >= 11 is 6.09. The number of anilines is 1. The van der Waals surface area contributed by atoms with Gasteiger partial charge in [-0.1, -0.05) is 35.0 Å². The Kier molecular flexibility index (Phi) is 5.75. The molecule has 0 aliphatic rings. The predicted molar refractivity (Wildman–Crippen MR) is 104 cm³/mol. The van der Waals surface area contributed by atoms with E-state index in [0.717, 1.165) is 5.56 Å². The molecule has 0 aliphatic heterocycles. The summed E-state index contributed by atoms with van der Waals surface area (Å²) in [6.45, 7) is 3.18. The molecule has 0 fully saturated rings. The van der Waals surface area contributed by atoms with Crippen molar-refractivity contribution in [2.24, 2.45) is 0 Å². The molecule has 6 nitrogen and oxygen atoms in total. The maximum absolute atomic E-state index is 14.3. The molecular weight excluding hydrogens is 385 g/mol. The van der Waals surface area contributed by atoms with Crippen molar-refractivity contribution in [2.45, 2.75) is 20.4 Å². The Labute approximate surface area is 165 Å². The van der Waals surface area contributed by atoms with Crippen LogP contribution in [0.1, 0.15) is 28.6 Å². The summed E-state index contributed by atoms with van der Waals surface area (Å²) in [5.41, 5.74) is 1.58. The van der Waals surface area contributed by atoms with Gasteiger partial charge in [0.1, 0.15) is 22.8 Å². The van der Waals surface area contributed by atoms with E-state index in [1.54, 1.807) is 31.2 Å². The van der Waals surface area contributed by atoms with E-state index >= 15 is 0 Å². The van der Waals surface area contributed by atoms with Gasteiger partial charge >= 0.3 is 0 Å². The van der Waals surface area contributed by atoms with Crippen LogP contribution in [0.5, 0.6) is 0 Å². The SMILES string of the molecule is CC(=O)Nc1cccc(CNC(=O)c2c(-c3c(F)cccc3Cl)noc2C)c1. The Hall–Kier alpha value is -3.19. The van der Waals surface area contributed by atoms with Crippen molar-refractivity contribution in [3.05, 3.63) is 70.2 Å². The molecule has 28 heavy (non-hydrogen) atoms. The highest BCUT2D eigenvalue weighted by atomic mass is 35.5. The summed E-state index contributed by atoms with van der Waals surface area (Å²) in [6, 6.07) is 11.3. The monoisotopic (exact) mass is 401 g/mol. The van der Waals surface area contributed by atoms with Gasteiger partial charge in [0.25, 0.3) is 5.91 Å². The number of hydrogen-bond acceptors (Lipinski definition) is 4. The third-order valence-electron chi connectivity index (χ3n) is 3.99. The number of nitrogens with zero attached hydrogens (tertiary/aromatic N) is 1. The van der Waals surface area contributed by atoms with Crippen molar-refractivity contribution in [1.29, 1.82) is 0 Å². The molecule has 2 amide bonds. The first-order chi connectivity index (χ1) is 13.4. The number of rotatable bonds is 5. The molecule has 3 rings (SSSR count). The minimum Gasteiger partial charge on any atom is -0.360 e. The molecule has 0 bridgehead atoms. The lowest BCUT2D eigenvalue weighted by Gasteiger charge is -2.09. The van der Waals surface area contributed by atoms with Crippen LogP contribution in [0.3, 0.4) is 0 Å². The summed E-state index contributed by atoms with van der Waals surface area (Å²) < 4.78 is 19.4. The van der Waals surface area contributed by atoms with Gasteiger partial charge in [-0.05, 0) is 36.8 Å². The summed E-state index contributed by atoms with van der Waals surface area (Å²) in [4.78, 5) is 23.9. The molecule has 1 aromatic heterocycles. The van der Waals surface area contributed by atoms with Crippen LogP contribution in [0.25, 0.3) is 11.3 Å². The van der Waals surface area contributed by atoms with E-state index < -0.39 is 11.7 Å². The van der Waals surface area contributed by atoms with Crippen LogP contribution in [-0.4, -0.2) is 17.0 Å². The molecule has 144 valence electrons. The lowest BCUT2D eigenvalue weighted by atomic mass is 10.0. The van der Waals surface area contributed by atoms with Crippen molar-refractivity contribution in [3.8, 4) is 11.3 Å². The lowest BCUT2D eigenvalue weighted by molar-refractivity contribution is -0.114. The molecule has 0 saturated heterocycles. The Balaban J connectivity index is 1.83. The van der Waals surface area contributed by atoms with E-state index in [1.165, 1.54) is 25.1 Å². The van der Waals surface area contributed by atoms with E-state index in [9.17, 15) is 14.0 Å². The van der Waals surface area contributed by atoms with Crippen molar-refractivity contribution in [1.82, 2.24) is 10.5 Å². The fourth-order valence-corrected chi connectivity index (χ4v) is 3.02. The second kappa shape index (κ2) is 8.22. The lowest BCUT2D eigenvalue weighted by Crippen LogP contribution is -2.24. The summed E-state index contributed by atoms with van der Waals surface area (Å²) in [5, 5.41) is 9.39. The number of halogens is 2. The zero-order valence-corrected chi connectivity index (χ0v) is 15.9. The average Bonchev–Trinajstić information content (AvgIpc) is 3.00. The number of aromatic nitrogens is 1. The molecule has 3 aromatic rings. The Morgan fingerprint density at radius 3 is 2.68 bits per heavy atom. The fraction of sp³-hybridized carbons (Fsp3) is 0.150. The number of hydrogen-bond donors (Lipinski definition) is 2. The van der Waals surface area contributed by atoms with Crippen LogP contribution in [0.2, 0.25) is 5.02 Å². The minimum atomic E-state index is -0.599. The van der Waals surface area contributed by atoms with Crippen LogP contribution in [-0.2, 0) is 11.3 Å². The standard InChI is InChI=1S/C20H17ClFN3O3/c1-11-17(19(25-28-11)18-15(21)7-4-8-16(18)22)20(27)23-10-13-5-3-6-14(9-13)24-12(2)26/h3-9H,10H2,1-2H3,(H,23,27)(H,24,26). The van der Waals surface area contributed by atoms with E-state index in [1.807, 2.05) is 0 Å². The first kappa shape index (κ1) is 19.6. The highest BCUT2D eigenvalue weighted by Gasteiger charge is 2.25. The second-order valence-electron chi connectivity index (χ2n) is 6.12. The van der Waals surface area contributed by atoms with E-state index in [2.05, 4.69) is 15.8 Å². The Bertz CT molecular complexity index is 1030. The molecule has 8 heteroatoms. The molecular formula is C20H17ClFN3O3. The van der Waals surface area contributed by atoms with Crippen molar-refractivity contribution in [2.75, 3.05) is 5.32 Å². The molecule has 0 aliphatic carbocycles. The van der Waals surface area contributed by atoms with Crippen molar-refractivity contribution in [3.63, 3.8) is 0 Å². The first-order valence-corrected chi connectivity index (χ1v) is 8.80. The number of carbonyl (C=O) groups is 2. The van der Waals surface area contributed by atoms with Gasteiger partial charge in [0.2, 0.25) is 5.91 Å². The average molecular weight is 402 g/mol. The van der Waals surface area contributed by atoms with Gasteiger partial charge in [-0.25, -0.2) is 4.39 Å². The van der Waals surface area contributed by atoms with E-state index in [0.29, 0.717) is 5.69 Å². The van der Waals surface area contributed by atoms with Gasteiger partial charge in [-0.2, -0.15) is 0 Å². The molecule has 0 atom stereocenters. The van der Waals surface area contributed by atoms with Crippen molar-refractivity contribution < 1.29 is 18.5 Å². The van der Waals surface area contributed by atoms with Crippen LogP contribution >= 0.6 is 11.6 Å². The number of carbonyl (C=O) groups excluding carboxylic acids is 2. The number of aryl methyl sites for hydroxylation is 1. The molecule has 0 spiro atoms. The zero-order valence-electron chi connectivity index (χ0n) is 15.2. The van der Waals surface area contributed by atoms with E-state index in [4.69, 9.17) is 16.1 Å². The smallest absolute Gasteiger partial charge is 0.257 e. The maximum Gasteiger partial charge on any atom is 0.257 e.